The lowest BCUT2D eigenvalue weighted by molar-refractivity contribution is 0.0946. The molecule has 0 saturated carbocycles. The number of nitrogens with one attached hydrogen (secondary N) is 1. The van der Waals surface area contributed by atoms with Crippen molar-refractivity contribution in [1.29, 1.82) is 0 Å². The number of carbonyl (C=O) groups is 1. The van der Waals surface area contributed by atoms with E-state index in [1.807, 2.05) is 0 Å². The van der Waals surface area contributed by atoms with Crippen LogP contribution < -0.4 is 10.1 Å². The lowest BCUT2D eigenvalue weighted by Gasteiger charge is -2.10. The molecule has 0 atom stereocenters. The summed E-state index contributed by atoms with van der Waals surface area (Å²) >= 11 is 0. The summed E-state index contributed by atoms with van der Waals surface area (Å²) in [7, 11) is 0. The number of benzene rings is 1. The monoisotopic (exact) mass is 391 g/mol. The fourth-order valence-electron chi connectivity index (χ4n) is 2.67. The smallest absolute Gasteiger partial charge is 0.270 e. The summed E-state index contributed by atoms with van der Waals surface area (Å²) in [4.78, 5) is 20.9. The van der Waals surface area contributed by atoms with E-state index in [0.29, 0.717) is 29.6 Å². The molecule has 148 valence electrons. The summed E-state index contributed by atoms with van der Waals surface area (Å²) in [6.45, 7) is 2.42. The van der Waals surface area contributed by atoms with E-state index >= 15 is 0 Å². The van der Waals surface area contributed by atoms with Crippen molar-refractivity contribution in [2.45, 2.75) is 32.7 Å². The van der Waals surface area contributed by atoms with Gasteiger partial charge in [-0.2, -0.15) is 0 Å². The van der Waals surface area contributed by atoms with Crippen molar-refractivity contribution in [3.63, 3.8) is 0 Å². The Labute approximate surface area is 169 Å². The van der Waals surface area contributed by atoms with Gasteiger partial charge in [0.1, 0.15) is 5.69 Å². The highest BCUT2D eigenvalue weighted by molar-refractivity contribution is 5.94. The van der Waals surface area contributed by atoms with Crippen LogP contribution in [-0.2, 0) is 6.54 Å². The van der Waals surface area contributed by atoms with Gasteiger partial charge in [0, 0.05) is 31.1 Å². The Hall–Kier alpha value is -3.46. The number of halogens is 1. The topological polar surface area (TPSA) is 64.1 Å². The average Bonchev–Trinajstić information content (AvgIpc) is 2.75. The van der Waals surface area contributed by atoms with Gasteiger partial charge in [0.05, 0.1) is 17.6 Å². The van der Waals surface area contributed by atoms with E-state index in [9.17, 15) is 9.18 Å². The molecule has 0 fully saturated rings. The molecular weight excluding hydrogens is 369 g/mol. The number of rotatable bonds is 7. The van der Waals surface area contributed by atoms with Crippen LogP contribution in [0.15, 0.2) is 48.7 Å². The summed E-state index contributed by atoms with van der Waals surface area (Å²) in [5, 5.41) is 2.70. The molecule has 0 bridgehead atoms. The molecule has 3 rings (SSSR count). The van der Waals surface area contributed by atoms with Crippen LogP contribution in [0.3, 0.4) is 0 Å². The number of fused-ring (bicyclic) bond motifs is 1. The molecule has 1 aromatic carbocycles. The highest BCUT2D eigenvalue weighted by atomic mass is 19.1. The molecule has 0 aliphatic rings. The van der Waals surface area contributed by atoms with E-state index in [0.717, 1.165) is 12.8 Å². The Bertz CT molecular complexity index is 1060. The molecule has 0 aliphatic carbocycles. The van der Waals surface area contributed by atoms with Crippen molar-refractivity contribution >= 4 is 16.9 Å². The Morgan fingerprint density at radius 1 is 1.10 bits per heavy atom. The largest absolute Gasteiger partial charge is 0.490 e. The number of aromatic nitrogens is 2. The maximum Gasteiger partial charge on any atom is 0.270 e. The number of nitrogens with zero attached hydrogens (tertiary/aromatic N) is 2. The first kappa shape index (κ1) is 20.3. The van der Waals surface area contributed by atoms with E-state index in [-0.39, 0.29) is 23.9 Å². The van der Waals surface area contributed by atoms with Crippen LogP contribution in [0.1, 0.15) is 42.2 Å². The Balaban J connectivity index is 1.59. The number of unbranched alkanes of at least 4 members (excludes halogenated alkanes) is 1. The van der Waals surface area contributed by atoms with Gasteiger partial charge in [-0.25, -0.2) is 9.37 Å². The van der Waals surface area contributed by atoms with Crippen molar-refractivity contribution in [2.24, 2.45) is 0 Å². The quantitative estimate of drug-likeness (QED) is 0.483. The fraction of sp³-hybridized carbons (Fsp3) is 0.261. The number of hydrogen-bond acceptors (Lipinski definition) is 4. The van der Waals surface area contributed by atoms with Crippen LogP contribution in [0, 0.1) is 17.7 Å². The summed E-state index contributed by atoms with van der Waals surface area (Å²) in [6.07, 6.45) is 4.08. The fourth-order valence-corrected chi connectivity index (χ4v) is 2.67. The Kier molecular flexibility index (Phi) is 7.12. The minimum Gasteiger partial charge on any atom is -0.490 e. The normalized spacial score (nSPS) is 10.3. The van der Waals surface area contributed by atoms with Crippen molar-refractivity contribution in [3.05, 3.63) is 65.7 Å². The molecule has 3 aromatic rings. The maximum absolute atomic E-state index is 14.6. The molecule has 6 heteroatoms. The van der Waals surface area contributed by atoms with Crippen LogP contribution in [0.4, 0.5) is 4.39 Å². The molecule has 2 aromatic heterocycles. The van der Waals surface area contributed by atoms with E-state index in [1.54, 1.807) is 48.7 Å². The second kappa shape index (κ2) is 10.2. The third-order valence-electron chi connectivity index (χ3n) is 4.16. The van der Waals surface area contributed by atoms with Crippen molar-refractivity contribution in [2.75, 3.05) is 6.61 Å². The number of pyridine rings is 2. The van der Waals surface area contributed by atoms with Gasteiger partial charge in [0.25, 0.3) is 5.91 Å². The number of ether oxygens (including phenoxy) is 1. The van der Waals surface area contributed by atoms with E-state index < -0.39 is 5.82 Å². The van der Waals surface area contributed by atoms with Crippen molar-refractivity contribution in [3.8, 4) is 17.6 Å². The molecule has 29 heavy (non-hydrogen) atoms. The summed E-state index contributed by atoms with van der Waals surface area (Å²) < 4.78 is 20.1. The Morgan fingerprint density at radius 2 is 1.97 bits per heavy atom. The zero-order valence-electron chi connectivity index (χ0n) is 16.2. The van der Waals surface area contributed by atoms with Crippen LogP contribution in [0.5, 0.6) is 5.75 Å². The highest BCUT2D eigenvalue weighted by Gasteiger charge is 2.12. The summed E-state index contributed by atoms with van der Waals surface area (Å²) in [5.41, 5.74) is 1.93. The first-order valence-corrected chi connectivity index (χ1v) is 9.55. The lowest BCUT2D eigenvalue weighted by Crippen LogP contribution is -2.24. The second-order valence-electron chi connectivity index (χ2n) is 6.35. The molecule has 0 spiro atoms. The van der Waals surface area contributed by atoms with Gasteiger partial charge >= 0.3 is 0 Å². The Morgan fingerprint density at radius 3 is 2.83 bits per heavy atom. The summed E-state index contributed by atoms with van der Waals surface area (Å²) in [5.74, 6) is 5.31. The SMILES string of the molecule is CCCC#CCCOc1cccc(CNC(=O)c2ccc3ncccc3n2)c1F. The molecule has 1 N–H and O–H groups in total. The molecule has 2 heterocycles. The zero-order chi connectivity index (χ0) is 20.5. The number of carbonyl (C=O) groups excluding carboxylic acids is 1. The second-order valence-corrected chi connectivity index (χ2v) is 6.35. The maximum atomic E-state index is 14.6. The standard InChI is InChI=1S/C23H22FN3O2/c1-2-3-4-5-6-15-29-21-11-7-9-17(22(21)24)16-26-23(28)20-13-12-18-19(27-20)10-8-14-25-18/h7-14H,2-3,6,15-16H2,1H3,(H,26,28). The number of amides is 1. The molecule has 0 aliphatic heterocycles. The first-order valence-electron chi connectivity index (χ1n) is 9.55. The van der Waals surface area contributed by atoms with Crippen molar-refractivity contribution in [1.82, 2.24) is 15.3 Å². The minimum atomic E-state index is -0.481. The van der Waals surface area contributed by atoms with Gasteiger partial charge in [0.15, 0.2) is 11.6 Å². The molecular formula is C23H22FN3O2. The first-order chi connectivity index (χ1) is 14.2. The third kappa shape index (κ3) is 5.52. The zero-order valence-corrected chi connectivity index (χ0v) is 16.2. The van der Waals surface area contributed by atoms with Gasteiger partial charge in [-0.15, -0.1) is 5.92 Å². The van der Waals surface area contributed by atoms with Crippen LogP contribution in [0.25, 0.3) is 11.0 Å². The lowest BCUT2D eigenvalue weighted by atomic mass is 10.2. The minimum absolute atomic E-state index is 0.0327. The molecule has 5 nitrogen and oxygen atoms in total. The van der Waals surface area contributed by atoms with Gasteiger partial charge in [-0.1, -0.05) is 25.0 Å². The predicted molar refractivity (Wildman–Crippen MR) is 110 cm³/mol. The van der Waals surface area contributed by atoms with Gasteiger partial charge in [-0.3, -0.25) is 9.78 Å². The van der Waals surface area contributed by atoms with Crippen molar-refractivity contribution < 1.29 is 13.9 Å². The van der Waals surface area contributed by atoms with Crippen LogP contribution >= 0.6 is 0 Å². The van der Waals surface area contributed by atoms with Crippen LogP contribution in [0.2, 0.25) is 0 Å². The average molecular weight is 391 g/mol. The van der Waals surface area contributed by atoms with Gasteiger partial charge < -0.3 is 10.1 Å². The molecule has 0 saturated heterocycles. The van der Waals surface area contributed by atoms with Crippen LogP contribution in [-0.4, -0.2) is 22.5 Å². The molecule has 1 amide bonds. The number of hydrogen-bond donors (Lipinski definition) is 1. The molecule has 0 radical (unpaired) electrons. The highest BCUT2D eigenvalue weighted by Crippen LogP contribution is 2.20. The van der Waals surface area contributed by atoms with E-state index in [1.165, 1.54) is 0 Å². The van der Waals surface area contributed by atoms with E-state index in [4.69, 9.17) is 4.74 Å². The predicted octanol–water partition coefficient (Wildman–Crippen LogP) is 4.27. The van der Waals surface area contributed by atoms with Gasteiger partial charge in [0.2, 0.25) is 0 Å². The van der Waals surface area contributed by atoms with E-state index in [2.05, 4.69) is 34.0 Å². The third-order valence-corrected chi connectivity index (χ3v) is 4.16. The van der Waals surface area contributed by atoms with Gasteiger partial charge in [-0.05, 0) is 36.8 Å². The molecule has 0 unspecified atom stereocenters. The summed E-state index contributed by atoms with van der Waals surface area (Å²) in [6, 6.07) is 11.7.